The van der Waals surface area contributed by atoms with E-state index in [0.717, 1.165) is 116 Å². The first-order valence-corrected chi connectivity index (χ1v) is 47.8. The molecular formula is C127H106O21. The Bertz CT molecular complexity index is 8170. The van der Waals surface area contributed by atoms with Crippen molar-refractivity contribution in [2.45, 2.75) is 70.6 Å². The molecule has 21 heteroatoms. The molecule has 0 radical (unpaired) electrons. The molecular weight excluding hydrogens is 1860 g/mol. The molecule has 0 aliphatic heterocycles. The van der Waals surface area contributed by atoms with Gasteiger partial charge in [-0.05, 0) is 330 Å². The maximum atomic E-state index is 11.9. The maximum Gasteiger partial charge on any atom is 0.127 e. The molecule has 0 atom stereocenters. The first-order chi connectivity index (χ1) is 71.4. The first-order valence-electron chi connectivity index (χ1n) is 47.8. The summed E-state index contributed by atoms with van der Waals surface area (Å²) in [7, 11) is 0. The number of phenolic OH excluding ortho intramolecular Hbond substituents is 21. The highest BCUT2D eigenvalue weighted by atomic mass is 16.3. The molecule has 21 aromatic carbocycles. The van der Waals surface area contributed by atoms with Crippen molar-refractivity contribution < 1.29 is 107 Å². The van der Waals surface area contributed by atoms with Gasteiger partial charge in [0.2, 0.25) is 0 Å². The predicted octanol–water partition coefficient (Wildman–Crippen LogP) is 25.5. The van der Waals surface area contributed by atoms with E-state index in [1.54, 1.807) is 200 Å². The fourth-order valence-electron chi connectivity index (χ4n) is 18.6. The standard InChI is InChI=1S/C38H32O6.C31H26O5.C24H20O4.2C17H14O3/c39-31-9-1-23(2-10-31)17-27-21-29(19-25-5-13-33(41)14-6-25)38(44)36-28(18-24-3-11-32(40)12-4-24)22-30(37(43)35(27)36)20-26-7-15-34(42)16-8-26;32-25-8-1-19(2-9-25)15-22-7-14-28(35)29-23(16-20-3-10-26(33)11-4-20)18-24(31(36)30(22)29)17-21-5-12-27(34)13-6-21;25-19-8-4-15(5-9-19)12-17-14-18(13-16-6-10-20(26)11-7-16)24(28)21-2-1-3-22(27)23(17)21;18-14-5-1-11(2-6-14)9-13-4-3-12-10-15(19)7-8-16(12)17(13)20;18-13-7-4-11(5-8-13)10-12-6-9-14-15(17(12)20)2-1-3-16(14)19/h1-16,21-22,39-44H,17-20H2;1-14,18,32-36H,15-17H2;1-11,14,25-28H,12-13H2;1-8,10,18-20H,9H2;1-9,18-20H,10H2. The molecule has 21 rings (SSSR count). The molecule has 740 valence electrons. The van der Waals surface area contributed by atoms with Gasteiger partial charge in [0, 0.05) is 87.0 Å². The number of rotatable bonds is 22. The van der Waals surface area contributed by atoms with Crippen molar-refractivity contribution in [1.82, 2.24) is 0 Å². The summed E-state index contributed by atoms with van der Waals surface area (Å²) < 4.78 is 0. The SMILES string of the molecule is Oc1ccc(Cc2cc(Cc3ccc(O)cc3)c3c(O)c(Cc4ccc(O)cc4)cc(Cc4ccc(O)cc4)c3c2O)cc1.Oc1ccc(Cc2cc(Cc3ccc(O)cc3)c3c(O)ccc(Cc4ccc(O)cc4)c3c2O)cc1.Oc1ccc(Cc2cc(Cc3ccc(O)cc3)c3c(O)cccc3c2O)cc1.Oc1ccc(Cc2ccc3c(O)cccc3c2O)cc1.Oc1ccc(Cc2ccc3cc(O)ccc3c2O)cc1. The van der Waals surface area contributed by atoms with Crippen LogP contribution in [0.25, 0.3) is 53.9 Å². The molecule has 0 amide bonds. The normalized spacial score (nSPS) is 11.0. The number of hydrogen-bond donors (Lipinski definition) is 21. The Hall–Kier alpha value is -19.3. The number of phenols is 21. The van der Waals surface area contributed by atoms with E-state index < -0.39 is 0 Å². The summed E-state index contributed by atoms with van der Waals surface area (Å²) in [6.45, 7) is 0. The third-order valence-electron chi connectivity index (χ3n) is 26.2. The van der Waals surface area contributed by atoms with E-state index in [1.165, 1.54) is 0 Å². The lowest BCUT2D eigenvalue weighted by Gasteiger charge is -2.20. The molecule has 0 aliphatic carbocycles. The summed E-state index contributed by atoms with van der Waals surface area (Å²) in [5.41, 5.74) is 19.1. The summed E-state index contributed by atoms with van der Waals surface area (Å²) in [6, 6.07) is 110. The monoisotopic (exact) mass is 1970 g/mol. The average Bonchev–Trinajstić information content (AvgIpc) is 0.737. The van der Waals surface area contributed by atoms with Gasteiger partial charge in [0.25, 0.3) is 0 Å². The van der Waals surface area contributed by atoms with E-state index in [1.807, 2.05) is 182 Å². The second-order valence-electron chi connectivity index (χ2n) is 36.8. The molecule has 21 N–H and O–H groups in total. The Morgan fingerprint density at radius 2 is 0.324 bits per heavy atom. The minimum absolute atomic E-state index is 0.0720. The molecule has 148 heavy (non-hydrogen) atoms. The van der Waals surface area contributed by atoms with Crippen LogP contribution in [0.1, 0.15) is 122 Å². The van der Waals surface area contributed by atoms with E-state index in [-0.39, 0.29) is 121 Å². The van der Waals surface area contributed by atoms with Crippen LogP contribution in [0.3, 0.4) is 0 Å². The molecule has 0 aliphatic rings. The van der Waals surface area contributed by atoms with E-state index in [0.29, 0.717) is 130 Å². The Morgan fingerprint density at radius 1 is 0.115 bits per heavy atom. The molecule has 0 aromatic heterocycles. The molecule has 0 saturated carbocycles. The Kier molecular flexibility index (Phi) is 30.4. The zero-order valence-corrected chi connectivity index (χ0v) is 80.0. The van der Waals surface area contributed by atoms with E-state index in [2.05, 4.69) is 0 Å². The van der Waals surface area contributed by atoms with Crippen molar-refractivity contribution in [3.8, 4) is 121 Å². The van der Waals surface area contributed by atoms with Gasteiger partial charge in [0.1, 0.15) is 121 Å². The van der Waals surface area contributed by atoms with Crippen LogP contribution in [-0.2, 0) is 70.6 Å². The number of hydrogen-bond acceptors (Lipinski definition) is 21. The highest BCUT2D eigenvalue weighted by molar-refractivity contribution is 6.02. The number of benzene rings is 21. The summed E-state index contributed by atoms with van der Waals surface area (Å²) in [4.78, 5) is 0. The highest BCUT2D eigenvalue weighted by Crippen LogP contribution is 2.48. The first kappa shape index (κ1) is 100. The molecule has 0 spiro atoms. The second-order valence-corrected chi connectivity index (χ2v) is 36.8. The van der Waals surface area contributed by atoms with Gasteiger partial charge in [-0.15, -0.1) is 0 Å². The lowest BCUT2D eigenvalue weighted by atomic mass is 9.86. The fraction of sp³-hybridized carbons (Fsp3) is 0.0866. The van der Waals surface area contributed by atoms with Crippen LogP contribution in [-0.4, -0.2) is 107 Å². The topological polar surface area (TPSA) is 425 Å². The van der Waals surface area contributed by atoms with Gasteiger partial charge < -0.3 is 107 Å². The Labute approximate surface area is 851 Å². The largest absolute Gasteiger partial charge is 0.508 e. The van der Waals surface area contributed by atoms with Crippen LogP contribution in [0.15, 0.2) is 382 Å². The van der Waals surface area contributed by atoms with Crippen LogP contribution < -0.4 is 0 Å². The minimum Gasteiger partial charge on any atom is -0.508 e. The van der Waals surface area contributed by atoms with Crippen molar-refractivity contribution in [2.24, 2.45) is 0 Å². The zero-order chi connectivity index (χ0) is 104. The van der Waals surface area contributed by atoms with Crippen LogP contribution in [0.5, 0.6) is 121 Å². The predicted molar refractivity (Wildman–Crippen MR) is 576 cm³/mol. The summed E-state index contributed by atoms with van der Waals surface area (Å²) >= 11 is 0. The van der Waals surface area contributed by atoms with Crippen molar-refractivity contribution >= 4 is 53.9 Å². The van der Waals surface area contributed by atoms with E-state index in [4.69, 9.17) is 0 Å². The third kappa shape index (κ3) is 24.4. The van der Waals surface area contributed by atoms with Gasteiger partial charge in [0.15, 0.2) is 0 Å². The van der Waals surface area contributed by atoms with Gasteiger partial charge in [-0.25, -0.2) is 0 Å². The smallest absolute Gasteiger partial charge is 0.127 e. The molecule has 21 nitrogen and oxygen atoms in total. The summed E-state index contributed by atoms with van der Waals surface area (Å²) in [5.74, 6) is 3.40. The Morgan fingerprint density at radius 3 is 0.642 bits per heavy atom. The third-order valence-corrected chi connectivity index (χ3v) is 26.2. The number of fused-ring (bicyclic) bond motifs is 5. The van der Waals surface area contributed by atoms with E-state index >= 15 is 0 Å². The zero-order valence-electron chi connectivity index (χ0n) is 80.0. The molecule has 0 unspecified atom stereocenters. The van der Waals surface area contributed by atoms with Crippen molar-refractivity contribution in [2.75, 3.05) is 0 Å². The summed E-state index contributed by atoms with van der Waals surface area (Å²) in [6.07, 6.45) is 5.33. The lowest BCUT2D eigenvalue weighted by Crippen LogP contribution is -2.02. The number of aromatic hydroxyl groups is 21. The minimum atomic E-state index is 0.0720. The molecule has 0 saturated heterocycles. The van der Waals surface area contributed by atoms with Gasteiger partial charge >= 0.3 is 0 Å². The second kappa shape index (κ2) is 44.9. The van der Waals surface area contributed by atoms with Gasteiger partial charge in [0.05, 0.1) is 0 Å². The van der Waals surface area contributed by atoms with Crippen molar-refractivity contribution in [3.63, 3.8) is 0 Å². The maximum absolute atomic E-state index is 11.9. The molecule has 0 heterocycles. The molecule has 0 bridgehead atoms. The van der Waals surface area contributed by atoms with E-state index in [9.17, 15) is 107 Å². The fourth-order valence-corrected chi connectivity index (χ4v) is 18.6. The van der Waals surface area contributed by atoms with Gasteiger partial charge in [-0.3, -0.25) is 0 Å². The van der Waals surface area contributed by atoms with Crippen LogP contribution in [0, 0.1) is 0 Å². The highest BCUT2D eigenvalue weighted by Gasteiger charge is 2.26. The average molecular weight is 1970 g/mol. The van der Waals surface area contributed by atoms with Crippen LogP contribution in [0.4, 0.5) is 0 Å². The molecule has 0 fully saturated rings. The van der Waals surface area contributed by atoms with Gasteiger partial charge in [-0.2, -0.15) is 0 Å². The lowest BCUT2D eigenvalue weighted by molar-refractivity contribution is 0.468. The van der Waals surface area contributed by atoms with Crippen LogP contribution >= 0.6 is 0 Å². The van der Waals surface area contributed by atoms with Crippen LogP contribution in [0.2, 0.25) is 0 Å². The van der Waals surface area contributed by atoms with Crippen molar-refractivity contribution in [1.29, 1.82) is 0 Å². The van der Waals surface area contributed by atoms with Gasteiger partial charge in [-0.1, -0.05) is 212 Å². The van der Waals surface area contributed by atoms with Crippen molar-refractivity contribution in [3.05, 3.63) is 505 Å². The quantitative estimate of drug-likeness (QED) is 0.0300. The molecule has 21 aromatic rings. The summed E-state index contributed by atoms with van der Waals surface area (Å²) in [5, 5.41) is 219. The Balaban J connectivity index is 0.000000130.